The first-order valence-corrected chi connectivity index (χ1v) is 8.58. The Labute approximate surface area is 135 Å². The SMILES string of the molecule is COCCN1CCC(c2csc(Nc3ccccn3)n2)CC1. The highest BCUT2D eigenvalue weighted by atomic mass is 32.1. The number of ether oxygens (including phenoxy) is 1. The third-order valence-electron chi connectivity index (χ3n) is 4.04. The average molecular weight is 318 g/mol. The van der Waals surface area contributed by atoms with Gasteiger partial charge in [-0.1, -0.05) is 6.07 Å². The molecule has 3 heterocycles. The zero-order valence-corrected chi connectivity index (χ0v) is 13.7. The largest absolute Gasteiger partial charge is 0.383 e. The number of pyridine rings is 1. The van der Waals surface area contributed by atoms with Gasteiger partial charge in [-0.05, 0) is 38.1 Å². The van der Waals surface area contributed by atoms with Gasteiger partial charge in [0.25, 0.3) is 0 Å². The van der Waals surface area contributed by atoms with Crippen LogP contribution in [0.5, 0.6) is 0 Å². The summed E-state index contributed by atoms with van der Waals surface area (Å²) in [5.74, 6) is 1.42. The number of piperidine rings is 1. The normalized spacial score (nSPS) is 16.8. The fourth-order valence-electron chi connectivity index (χ4n) is 2.75. The molecule has 0 bridgehead atoms. The maximum absolute atomic E-state index is 5.15. The van der Waals surface area contributed by atoms with Crippen LogP contribution in [0.15, 0.2) is 29.8 Å². The molecule has 1 aliphatic rings. The monoisotopic (exact) mass is 318 g/mol. The quantitative estimate of drug-likeness (QED) is 0.887. The Balaban J connectivity index is 1.54. The van der Waals surface area contributed by atoms with Gasteiger partial charge in [0.05, 0.1) is 12.3 Å². The molecule has 118 valence electrons. The lowest BCUT2D eigenvalue weighted by molar-refractivity contribution is 0.130. The van der Waals surface area contributed by atoms with Crippen molar-refractivity contribution in [3.05, 3.63) is 35.5 Å². The molecule has 0 radical (unpaired) electrons. The van der Waals surface area contributed by atoms with E-state index in [9.17, 15) is 0 Å². The maximum Gasteiger partial charge on any atom is 0.188 e. The average Bonchev–Trinajstić information content (AvgIpc) is 3.03. The summed E-state index contributed by atoms with van der Waals surface area (Å²) in [4.78, 5) is 11.5. The van der Waals surface area contributed by atoms with E-state index in [0.29, 0.717) is 5.92 Å². The van der Waals surface area contributed by atoms with E-state index >= 15 is 0 Å². The maximum atomic E-state index is 5.15. The van der Waals surface area contributed by atoms with Crippen LogP contribution in [0.1, 0.15) is 24.5 Å². The number of nitrogens with one attached hydrogen (secondary N) is 1. The lowest BCUT2D eigenvalue weighted by Crippen LogP contribution is -2.35. The van der Waals surface area contributed by atoms with Crippen LogP contribution in [0.3, 0.4) is 0 Å². The predicted molar refractivity (Wildman–Crippen MR) is 89.9 cm³/mol. The molecule has 0 saturated carbocycles. The molecule has 5 nitrogen and oxygen atoms in total. The van der Waals surface area contributed by atoms with E-state index in [-0.39, 0.29) is 0 Å². The Hall–Kier alpha value is -1.50. The second-order valence-corrected chi connectivity index (χ2v) is 6.38. The van der Waals surface area contributed by atoms with Gasteiger partial charge in [-0.15, -0.1) is 11.3 Å². The van der Waals surface area contributed by atoms with Crippen molar-refractivity contribution in [1.29, 1.82) is 0 Å². The van der Waals surface area contributed by atoms with E-state index in [1.54, 1.807) is 24.6 Å². The van der Waals surface area contributed by atoms with Crippen LogP contribution >= 0.6 is 11.3 Å². The van der Waals surface area contributed by atoms with E-state index in [2.05, 4.69) is 20.6 Å². The molecule has 2 aromatic rings. The Morgan fingerprint density at radius 2 is 2.23 bits per heavy atom. The molecule has 6 heteroatoms. The lowest BCUT2D eigenvalue weighted by Gasteiger charge is -2.30. The van der Waals surface area contributed by atoms with Crippen molar-refractivity contribution < 1.29 is 4.74 Å². The van der Waals surface area contributed by atoms with Gasteiger partial charge in [-0.3, -0.25) is 0 Å². The van der Waals surface area contributed by atoms with E-state index in [4.69, 9.17) is 9.72 Å². The summed E-state index contributed by atoms with van der Waals surface area (Å²) in [7, 11) is 1.76. The van der Waals surface area contributed by atoms with Crippen molar-refractivity contribution in [2.75, 3.05) is 38.7 Å². The summed E-state index contributed by atoms with van der Waals surface area (Å²) < 4.78 is 5.15. The fraction of sp³-hybridized carbons (Fsp3) is 0.500. The minimum atomic E-state index is 0.578. The van der Waals surface area contributed by atoms with E-state index in [1.807, 2.05) is 18.2 Å². The third kappa shape index (κ3) is 4.03. The van der Waals surface area contributed by atoms with Crippen LogP contribution in [0.4, 0.5) is 10.9 Å². The lowest BCUT2D eigenvalue weighted by atomic mass is 9.94. The van der Waals surface area contributed by atoms with Crippen LogP contribution in [0, 0.1) is 0 Å². The number of methoxy groups -OCH3 is 1. The number of thiazole rings is 1. The van der Waals surface area contributed by atoms with Gasteiger partial charge >= 0.3 is 0 Å². The van der Waals surface area contributed by atoms with Crippen molar-refractivity contribution in [2.24, 2.45) is 0 Å². The first kappa shape index (κ1) is 15.4. The molecule has 0 aliphatic carbocycles. The Morgan fingerprint density at radius 1 is 1.36 bits per heavy atom. The van der Waals surface area contributed by atoms with Crippen molar-refractivity contribution in [3.8, 4) is 0 Å². The highest BCUT2D eigenvalue weighted by molar-refractivity contribution is 7.13. The molecule has 0 unspecified atom stereocenters. The molecule has 0 atom stereocenters. The van der Waals surface area contributed by atoms with Crippen molar-refractivity contribution >= 4 is 22.3 Å². The van der Waals surface area contributed by atoms with Gasteiger partial charge in [0.15, 0.2) is 5.13 Å². The molecule has 1 aliphatic heterocycles. The highest BCUT2D eigenvalue weighted by Gasteiger charge is 2.22. The van der Waals surface area contributed by atoms with Gasteiger partial charge in [-0.2, -0.15) is 0 Å². The summed E-state index contributed by atoms with van der Waals surface area (Å²) in [6, 6.07) is 5.84. The molecule has 22 heavy (non-hydrogen) atoms. The smallest absolute Gasteiger partial charge is 0.188 e. The number of anilines is 2. The first-order valence-electron chi connectivity index (χ1n) is 7.70. The van der Waals surface area contributed by atoms with E-state index < -0.39 is 0 Å². The van der Waals surface area contributed by atoms with E-state index in [1.165, 1.54) is 18.5 Å². The van der Waals surface area contributed by atoms with Crippen molar-refractivity contribution in [2.45, 2.75) is 18.8 Å². The molecule has 3 rings (SSSR count). The Bertz CT molecular complexity index is 567. The molecule has 1 N–H and O–H groups in total. The van der Waals surface area contributed by atoms with Crippen LogP contribution in [-0.2, 0) is 4.74 Å². The van der Waals surface area contributed by atoms with Gasteiger partial charge < -0.3 is 15.0 Å². The summed E-state index contributed by atoms with van der Waals surface area (Å²) in [5.41, 5.74) is 1.22. The molecular formula is C16H22N4OS. The first-order chi connectivity index (χ1) is 10.8. The second-order valence-electron chi connectivity index (χ2n) is 5.53. The predicted octanol–water partition coefficient (Wildman–Crippen LogP) is 3.11. The van der Waals surface area contributed by atoms with Gasteiger partial charge in [0.2, 0.25) is 0 Å². The standard InChI is InChI=1S/C16H22N4OS/c1-21-11-10-20-8-5-13(6-9-20)14-12-22-16(18-14)19-15-4-2-3-7-17-15/h2-4,7,12-13H,5-6,8-11H2,1H3,(H,17,18,19). The van der Waals surface area contributed by atoms with Crippen LogP contribution in [-0.4, -0.2) is 48.2 Å². The Morgan fingerprint density at radius 3 is 2.95 bits per heavy atom. The number of likely N-dealkylation sites (tertiary alicyclic amines) is 1. The zero-order valence-electron chi connectivity index (χ0n) is 12.9. The molecule has 2 aromatic heterocycles. The fourth-order valence-corrected chi connectivity index (χ4v) is 3.55. The van der Waals surface area contributed by atoms with Crippen LogP contribution < -0.4 is 5.32 Å². The minimum Gasteiger partial charge on any atom is -0.383 e. The molecule has 0 amide bonds. The Kier molecular flexibility index (Phi) is 5.37. The number of hydrogen-bond donors (Lipinski definition) is 1. The summed E-state index contributed by atoms with van der Waals surface area (Å²) >= 11 is 1.66. The van der Waals surface area contributed by atoms with Gasteiger partial charge in [0, 0.05) is 31.1 Å². The topological polar surface area (TPSA) is 50.3 Å². The van der Waals surface area contributed by atoms with Crippen molar-refractivity contribution in [3.63, 3.8) is 0 Å². The molecule has 1 fully saturated rings. The summed E-state index contributed by atoms with van der Waals surface area (Å²) in [6.07, 6.45) is 4.14. The number of nitrogens with zero attached hydrogens (tertiary/aromatic N) is 3. The highest BCUT2D eigenvalue weighted by Crippen LogP contribution is 2.31. The zero-order chi connectivity index (χ0) is 15.2. The number of rotatable bonds is 6. The second kappa shape index (κ2) is 7.67. The summed E-state index contributed by atoms with van der Waals surface area (Å²) in [5, 5.41) is 6.38. The van der Waals surface area contributed by atoms with Gasteiger partial charge in [-0.25, -0.2) is 9.97 Å². The molecule has 1 saturated heterocycles. The minimum absolute atomic E-state index is 0.578. The molecule has 0 aromatic carbocycles. The van der Waals surface area contributed by atoms with E-state index in [0.717, 1.165) is 37.2 Å². The van der Waals surface area contributed by atoms with Crippen LogP contribution in [0.25, 0.3) is 0 Å². The molecule has 0 spiro atoms. The summed E-state index contributed by atoms with van der Waals surface area (Å²) in [6.45, 7) is 4.12. The van der Waals surface area contributed by atoms with Gasteiger partial charge in [0.1, 0.15) is 5.82 Å². The number of aromatic nitrogens is 2. The third-order valence-corrected chi connectivity index (χ3v) is 4.82. The number of hydrogen-bond acceptors (Lipinski definition) is 6. The van der Waals surface area contributed by atoms with Crippen molar-refractivity contribution in [1.82, 2.24) is 14.9 Å². The molecular weight excluding hydrogens is 296 g/mol. The van der Waals surface area contributed by atoms with Crippen LogP contribution in [0.2, 0.25) is 0 Å².